The minimum absolute atomic E-state index is 0.531. The van der Waals surface area contributed by atoms with E-state index >= 15 is 0 Å². The van der Waals surface area contributed by atoms with Gasteiger partial charge in [-0.2, -0.15) is 0 Å². The van der Waals surface area contributed by atoms with E-state index in [9.17, 15) is 0 Å². The summed E-state index contributed by atoms with van der Waals surface area (Å²) in [5, 5.41) is 2.35. The molecule has 108 valence electrons. The predicted octanol–water partition coefficient (Wildman–Crippen LogP) is 6.79. The minimum Gasteiger partial charge on any atom is -0.445 e. The van der Waals surface area contributed by atoms with Crippen molar-refractivity contribution in [2.75, 3.05) is 0 Å². The van der Waals surface area contributed by atoms with Crippen molar-refractivity contribution in [2.45, 2.75) is 0 Å². The molecule has 0 unspecified atom stereocenters. The van der Waals surface area contributed by atoms with E-state index in [1.54, 1.807) is 17.4 Å². The third kappa shape index (κ3) is 3.65. The smallest absolute Gasteiger partial charge is 0.190 e. The molecule has 0 bridgehead atoms. The quantitative estimate of drug-likeness (QED) is 0.327. The SMILES string of the molecule is S=c1ccc2ccccc2o1.S=c1ccc2ccccc2s1. The topological polar surface area (TPSA) is 13.1 Å². The lowest BCUT2D eigenvalue weighted by atomic mass is 10.2. The van der Waals surface area contributed by atoms with Gasteiger partial charge in [0.15, 0.2) is 4.71 Å². The fourth-order valence-electron chi connectivity index (χ4n) is 2.02. The summed E-state index contributed by atoms with van der Waals surface area (Å²) >= 11 is 11.6. The number of hydrogen-bond acceptors (Lipinski definition) is 4. The number of benzene rings is 2. The molecular formula is C18H12OS3. The van der Waals surface area contributed by atoms with Gasteiger partial charge in [-0.3, -0.25) is 0 Å². The Hall–Kier alpha value is -1.88. The van der Waals surface area contributed by atoms with Crippen LogP contribution in [-0.4, -0.2) is 0 Å². The maximum atomic E-state index is 5.28. The average Bonchev–Trinajstić information content (AvgIpc) is 2.55. The zero-order valence-corrected chi connectivity index (χ0v) is 14.0. The first kappa shape index (κ1) is 15.0. The van der Waals surface area contributed by atoms with Crippen molar-refractivity contribution >= 4 is 56.8 Å². The van der Waals surface area contributed by atoms with Crippen molar-refractivity contribution in [2.24, 2.45) is 0 Å². The van der Waals surface area contributed by atoms with Gasteiger partial charge in [0.2, 0.25) is 0 Å². The van der Waals surface area contributed by atoms with Crippen LogP contribution in [0.25, 0.3) is 21.1 Å². The zero-order valence-electron chi connectivity index (χ0n) is 11.6. The molecule has 2 aromatic carbocycles. The van der Waals surface area contributed by atoms with Gasteiger partial charge in [-0.25, -0.2) is 0 Å². The Bertz CT molecular complexity index is 946. The largest absolute Gasteiger partial charge is 0.445 e. The van der Waals surface area contributed by atoms with E-state index in [0.29, 0.717) is 4.71 Å². The Morgan fingerprint density at radius 2 is 1.36 bits per heavy atom. The van der Waals surface area contributed by atoms with Crippen LogP contribution in [0.5, 0.6) is 0 Å². The van der Waals surface area contributed by atoms with E-state index in [-0.39, 0.29) is 0 Å². The van der Waals surface area contributed by atoms with Crippen LogP contribution < -0.4 is 0 Å². The molecule has 0 saturated heterocycles. The van der Waals surface area contributed by atoms with E-state index in [4.69, 9.17) is 28.9 Å². The monoisotopic (exact) mass is 340 g/mol. The summed E-state index contributed by atoms with van der Waals surface area (Å²) in [6, 6.07) is 23.9. The van der Waals surface area contributed by atoms with Crippen LogP contribution in [0.3, 0.4) is 0 Å². The van der Waals surface area contributed by atoms with Crippen LogP contribution >= 0.6 is 35.8 Å². The van der Waals surface area contributed by atoms with Crippen LogP contribution in [-0.2, 0) is 0 Å². The molecular weight excluding hydrogens is 328 g/mol. The summed E-state index contributed by atoms with van der Waals surface area (Å²) in [7, 11) is 0. The molecule has 0 N–H and O–H groups in total. The molecule has 0 spiro atoms. The molecule has 0 fully saturated rings. The van der Waals surface area contributed by atoms with Crippen molar-refractivity contribution in [1.82, 2.24) is 0 Å². The summed E-state index contributed by atoms with van der Waals surface area (Å²) in [6.45, 7) is 0. The van der Waals surface area contributed by atoms with E-state index in [2.05, 4.69) is 18.2 Å². The van der Waals surface area contributed by atoms with Gasteiger partial charge in [0.25, 0.3) is 0 Å². The third-order valence-corrected chi connectivity index (χ3v) is 4.59. The summed E-state index contributed by atoms with van der Waals surface area (Å²) in [6.07, 6.45) is 0. The van der Waals surface area contributed by atoms with Crippen LogP contribution in [0, 0.1) is 8.53 Å². The Morgan fingerprint density at radius 3 is 2.23 bits per heavy atom. The lowest BCUT2D eigenvalue weighted by Crippen LogP contribution is -1.69. The molecule has 0 aliphatic rings. The minimum atomic E-state index is 0.531. The van der Waals surface area contributed by atoms with Gasteiger partial charge in [-0.15, -0.1) is 11.3 Å². The highest BCUT2D eigenvalue weighted by atomic mass is 32.1. The summed E-state index contributed by atoms with van der Waals surface area (Å²) in [5.41, 5.74) is 0.847. The van der Waals surface area contributed by atoms with E-state index in [1.807, 2.05) is 48.5 Å². The molecule has 0 saturated carbocycles. The lowest BCUT2D eigenvalue weighted by Gasteiger charge is -1.92. The van der Waals surface area contributed by atoms with Gasteiger partial charge in [-0.1, -0.05) is 54.7 Å². The zero-order chi connectivity index (χ0) is 15.4. The normalized spacial score (nSPS) is 10.2. The van der Waals surface area contributed by atoms with Crippen LogP contribution in [0.2, 0.25) is 0 Å². The average molecular weight is 340 g/mol. The van der Waals surface area contributed by atoms with Crippen LogP contribution in [0.4, 0.5) is 0 Å². The summed E-state index contributed by atoms with van der Waals surface area (Å²) < 4.78 is 8.02. The molecule has 4 aromatic rings. The second-order valence-electron chi connectivity index (χ2n) is 4.58. The highest BCUT2D eigenvalue weighted by Gasteiger charge is 1.90. The number of para-hydroxylation sites is 1. The van der Waals surface area contributed by atoms with Crippen LogP contribution in [0.15, 0.2) is 77.2 Å². The lowest BCUT2D eigenvalue weighted by molar-refractivity contribution is 0.586. The Labute approximate surface area is 142 Å². The predicted molar refractivity (Wildman–Crippen MR) is 99.7 cm³/mol. The Kier molecular flexibility index (Phi) is 4.73. The van der Waals surface area contributed by atoms with Gasteiger partial charge in [0, 0.05) is 10.1 Å². The van der Waals surface area contributed by atoms with Crippen molar-refractivity contribution in [3.63, 3.8) is 0 Å². The van der Waals surface area contributed by atoms with E-state index in [1.165, 1.54) is 10.1 Å². The fraction of sp³-hybridized carbons (Fsp3) is 0. The first-order chi connectivity index (χ1) is 10.7. The molecule has 0 atom stereocenters. The molecule has 2 heterocycles. The third-order valence-electron chi connectivity index (χ3n) is 3.06. The van der Waals surface area contributed by atoms with Crippen molar-refractivity contribution in [3.05, 3.63) is 81.3 Å². The van der Waals surface area contributed by atoms with Gasteiger partial charge in [0.05, 0.1) is 3.82 Å². The molecule has 0 radical (unpaired) electrons. The van der Waals surface area contributed by atoms with Crippen molar-refractivity contribution in [3.8, 4) is 0 Å². The fourth-order valence-corrected chi connectivity index (χ4v) is 3.27. The van der Waals surface area contributed by atoms with Crippen molar-refractivity contribution in [1.29, 1.82) is 0 Å². The molecule has 0 aliphatic heterocycles. The van der Waals surface area contributed by atoms with Gasteiger partial charge in [0.1, 0.15) is 5.58 Å². The Balaban J connectivity index is 0.000000131. The van der Waals surface area contributed by atoms with Crippen molar-refractivity contribution < 1.29 is 4.42 Å². The standard InChI is InChI=1S/C9H6OS.C9H6S2/c11-9-6-5-7-3-1-2-4-8(7)10-9;10-9-6-5-7-3-1-2-4-8(7)11-9/h2*1-6H. The second-order valence-corrected chi connectivity index (χ2v) is 6.77. The van der Waals surface area contributed by atoms with Gasteiger partial charge in [-0.05, 0) is 47.9 Å². The second kappa shape index (κ2) is 6.92. The highest BCUT2D eigenvalue weighted by molar-refractivity contribution is 7.73. The number of fused-ring (bicyclic) bond motifs is 2. The summed E-state index contributed by atoms with van der Waals surface area (Å²) in [5.74, 6) is 0. The molecule has 0 aliphatic carbocycles. The van der Waals surface area contributed by atoms with Crippen LogP contribution in [0.1, 0.15) is 0 Å². The molecule has 0 amide bonds. The molecule has 1 nitrogen and oxygen atoms in total. The molecule has 2 aromatic heterocycles. The Morgan fingerprint density at radius 1 is 0.682 bits per heavy atom. The number of hydrogen-bond donors (Lipinski definition) is 0. The first-order valence-corrected chi connectivity index (χ1v) is 8.33. The van der Waals surface area contributed by atoms with Gasteiger partial charge < -0.3 is 4.42 Å². The van der Waals surface area contributed by atoms with E-state index < -0.39 is 0 Å². The maximum absolute atomic E-state index is 5.28. The molecule has 4 rings (SSSR count). The van der Waals surface area contributed by atoms with Gasteiger partial charge >= 0.3 is 0 Å². The molecule has 22 heavy (non-hydrogen) atoms. The first-order valence-electron chi connectivity index (χ1n) is 6.70. The maximum Gasteiger partial charge on any atom is 0.190 e. The summed E-state index contributed by atoms with van der Waals surface area (Å²) in [4.78, 5) is 0. The van der Waals surface area contributed by atoms with E-state index in [0.717, 1.165) is 14.8 Å². The number of rotatable bonds is 0. The molecule has 4 heteroatoms. The highest BCUT2D eigenvalue weighted by Crippen LogP contribution is 2.18.